The van der Waals surface area contributed by atoms with Crippen LogP contribution in [0.2, 0.25) is 5.02 Å². The molecule has 0 aliphatic rings. The Balaban J connectivity index is 2.25. The molecule has 7 heteroatoms. The van der Waals surface area contributed by atoms with E-state index in [0.717, 1.165) is 5.56 Å². The molecule has 0 unspecified atom stereocenters. The summed E-state index contributed by atoms with van der Waals surface area (Å²) in [7, 11) is 0. The van der Waals surface area contributed by atoms with E-state index in [2.05, 4.69) is 10.1 Å². The van der Waals surface area contributed by atoms with E-state index in [-0.39, 0.29) is 23.7 Å². The number of carbonyl (C=O) groups excluding carboxylic acids is 1. The normalized spacial score (nSPS) is 10.6. The van der Waals surface area contributed by atoms with Gasteiger partial charge < -0.3 is 14.8 Å². The molecule has 0 fully saturated rings. The van der Waals surface area contributed by atoms with Crippen molar-refractivity contribution < 1.29 is 23.0 Å². The molecule has 0 aliphatic carbocycles. The Morgan fingerprint density at radius 1 is 1.21 bits per heavy atom. The lowest BCUT2D eigenvalue weighted by molar-refractivity contribution is -0.0514. The average Bonchev–Trinajstić information content (AvgIpc) is 2.52. The molecular weight excluding hydrogens is 340 g/mol. The number of rotatable bonds is 6. The van der Waals surface area contributed by atoms with Crippen LogP contribution >= 0.6 is 11.6 Å². The highest BCUT2D eigenvalue weighted by Crippen LogP contribution is 2.30. The Morgan fingerprint density at radius 3 is 2.62 bits per heavy atom. The number of ether oxygens (including phenoxy) is 2. The molecule has 1 N–H and O–H groups in total. The maximum absolute atomic E-state index is 12.4. The van der Waals surface area contributed by atoms with E-state index >= 15 is 0 Å². The van der Waals surface area contributed by atoms with Crippen LogP contribution in [-0.2, 0) is 0 Å². The van der Waals surface area contributed by atoms with Gasteiger partial charge in [0, 0.05) is 16.3 Å². The maximum Gasteiger partial charge on any atom is 0.387 e. The number of nitrogens with one attached hydrogen (secondary N) is 1. The lowest BCUT2D eigenvalue weighted by Crippen LogP contribution is -2.13. The fraction of sp³-hybridized carbons (Fsp3) is 0.235. The summed E-state index contributed by atoms with van der Waals surface area (Å²) < 4.78 is 34.4. The Labute approximate surface area is 143 Å². The molecule has 0 atom stereocenters. The molecule has 2 aromatic rings. The van der Waals surface area contributed by atoms with Gasteiger partial charge in [-0.1, -0.05) is 17.7 Å². The molecule has 0 bridgehead atoms. The number of carbonyl (C=O) groups is 1. The van der Waals surface area contributed by atoms with E-state index in [0.29, 0.717) is 10.7 Å². The zero-order valence-corrected chi connectivity index (χ0v) is 13.9. The van der Waals surface area contributed by atoms with Crippen molar-refractivity contribution in [1.82, 2.24) is 0 Å². The second kappa shape index (κ2) is 7.97. The van der Waals surface area contributed by atoms with Crippen LogP contribution in [0.5, 0.6) is 11.5 Å². The number of benzene rings is 2. The molecule has 0 saturated heterocycles. The van der Waals surface area contributed by atoms with Crippen molar-refractivity contribution in [3.05, 3.63) is 52.5 Å². The number of hydrogen-bond donors (Lipinski definition) is 1. The third-order valence-corrected chi connectivity index (χ3v) is 3.40. The van der Waals surface area contributed by atoms with E-state index in [1.165, 1.54) is 18.2 Å². The Hall–Kier alpha value is -2.34. The van der Waals surface area contributed by atoms with E-state index < -0.39 is 12.5 Å². The summed E-state index contributed by atoms with van der Waals surface area (Å²) in [5.41, 5.74) is 1.66. The van der Waals surface area contributed by atoms with E-state index in [9.17, 15) is 13.6 Å². The molecule has 0 aromatic heterocycles. The van der Waals surface area contributed by atoms with Crippen LogP contribution in [0.4, 0.5) is 14.5 Å². The SMILES string of the molecule is CCOc1cc(C(=O)Nc2cc(Cl)ccc2C)ccc1OC(F)F. The van der Waals surface area contributed by atoms with Gasteiger partial charge in [0.2, 0.25) is 0 Å². The highest BCUT2D eigenvalue weighted by Gasteiger charge is 2.15. The number of amides is 1. The summed E-state index contributed by atoms with van der Waals surface area (Å²) >= 11 is 5.92. The van der Waals surface area contributed by atoms with E-state index in [1.54, 1.807) is 25.1 Å². The van der Waals surface area contributed by atoms with Crippen LogP contribution in [0.15, 0.2) is 36.4 Å². The van der Waals surface area contributed by atoms with Crippen molar-refractivity contribution >= 4 is 23.2 Å². The van der Waals surface area contributed by atoms with E-state index in [1.807, 2.05) is 6.92 Å². The van der Waals surface area contributed by atoms with Gasteiger partial charge in [-0.25, -0.2) is 0 Å². The molecule has 24 heavy (non-hydrogen) atoms. The van der Waals surface area contributed by atoms with Gasteiger partial charge >= 0.3 is 6.61 Å². The lowest BCUT2D eigenvalue weighted by atomic mass is 10.1. The fourth-order valence-corrected chi connectivity index (χ4v) is 2.21. The molecule has 0 radical (unpaired) electrons. The highest BCUT2D eigenvalue weighted by molar-refractivity contribution is 6.31. The van der Waals surface area contributed by atoms with Crippen LogP contribution < -0.4 is 14.8 Å². The van der Waals surface area contributed by atoms with Crippen molar-refractivity contribution in [2.45, 2.75) is 20.5 Å². The smallest absolute Gasteiger partial charge is 0.387 e. The standard InChI is InChI=1S/C17H16ClF2NO3/c1-3-23-15-8-11(5-7-14(15)24-17(19)20)16(22)21-13-9-12(18)6-4-10(13)2/h4-9,17H,3H2,1-2H3,(H,21,22). The molecular formula is C17H16ClF2NO3. The Kier molecular flexibility index (Phi) is 5.98. The molecule has 2 aromatic carbocycles. The zero-order valence-electron chi connectivity index (χ0n) is 13.1. The Morgan fingerprint density at radius 2 is 1.96 bits per heavy atom. The first-order chi connectivity index (χ1) is 11.4. The van der Waals surface area contributed by atoms with Gasteiger partial charge in [-0.2, -0.15) is 8.78 Å². The first-order valence-corrected chi connectivity index (χ1v) is 7.57. The molecule has 0 spiro atoms. The summed E-state index contributed by atoms with van der Waals surface area (Å²) in [6, 6.07) is 9.15. The first kappa shape index (κ1) is 18.0. The topological polar surface area (TPSA) is 47.6 Å². The van der Waals surface area contributed by atoms with Crippen molar-refractivity contribution in [3.63, 3.8) is 0 Å². The molecule has 0 saturated carbocycles. The number of hydrogen-bond acceptors (Lipinski definition) is 3. The largest absolute Gasteiger partial charge is 0.490 e. The van der Waals surface area contributed by atoms with Crippen LogP contribution in [0.1, 0.15) is 22.8 Å². The summed E-state index contributed by atoms with van der Waals surface area (Å²) in [4.78, 5) is 12.4. The van der Waals surface area contributed by atoms with Gasteiger partial charge in [-0.05, 0) is 49.7 Å². The fourth-order valence-electron chi connectivity index (χ4n) is 2.03. The van der Waals surface area contributed by atoms with Crippen molar-refractivity contribution in [1.29, 1.82) is 0 Å². The van der Waals surface area contributed by atoms with Crippen molar-refractivity contribution in [2.75, 3.05) is 11.9 Å². The summed E-state index contributed by atoms with van der Waals surface area (Å²) in [5.74, 6) is -0.458. The van der Waals surface area contributed by atoms with Gasteiger partial charge in [-0.15, -0.1) is 0 Å². The van der Waals surface area contributed by atoms with Crippen molar-refractivity contribution in [3.8, 4) is 11.5 Å². The third kappa shape index (κ3) is 4.58. The van der Waals surface area contributed by atoms with Gasteiger partial charge in [0.05, 0.1) is 6.61 Å². The molecule has 4 nitrogen and oxygen atoms in total. The van der Waals surface area contributed by atoms with Gasteiger partial charge in [0.15, 0.2) is 11.5 Å². The van der Waals surface area contributed by atoms with Crippen LogP contribution in [0, 0.1) is 6.92 Å². The average molecular weight is 356 g/mol. The van der Waals surface area contributed by atoms with Gasteiger partial charge in [-0.3, -0.25) is 4.79 Å². The summed E-state index contributed by atoms with van der Waals surface area (Å²) in [5, 5.41) is 3.22. The summed E-state index contributed by atoms with van der Waals surface area (Å²) in [6.07, 6.45) is 0. The number of halogens is 3. The van der Waals surface area contributed by atoms with E-state index in [4.69, 9.17) is 16.3 Å². The van der Waals surface area contributed by atoms with Crippen LogP contribution in [-0.4, -0.2) is 19.1 Å². The second-order valence-electron chi connectivity index (χ2n) is 4.89. The number of aryl methyl sites for hydroxylation is 1. The lowest BCUT2D eigenvalue weighted by Gasteiger charge is -2.13. The molecule has 2 rings (SSSR count). The minimum absolute atomic E-state index is 0.0771. The first-order valence-electron chi connectivity index (χ1n) is 7.20. The molecule has 0 aliphatic heterocycles. The molecule has 128 valence electrons. The predicted molar refractivity (Wildman–Crippen MR) is 88.4 cm³/mol. The third-order valence-electron chi connectivity index (χ3n) is 3.17. The predicted octanol–water partition coefficient (Wildman–Crippen LogP) is 4.90. The van der Waals surface area contributed by atoms with Gasteiger partial charge in [0.25, 0.3) is 5.91 Å². The van der Waals surface area contributed by atoms with Crippen LogP contribution in [0.25, 0.3) is 0 Å². The van der Waals surface area contributed by atoms with Crippen LogP contribution in [0.3, 0.4) is 0 Å². The second-order valence-corrected chi connectivity index (χ2v) is 5.32. The monoisotopic (exact) mass is 355 g/mol. The maximum atomic E-state index is 12.4. The quantitative estimate of drug-likeness (QED) is 0.801. The minimum Gasteiger partial charge on any atom is -0.490 e. The number of anilines is 1. The zero-order chi connectivity index (χ0) is 17.7. The Bertz CT molecular complexity index is 738. The van der Waals surface area contributed by atoms with Gasteiger partial charge in [0.1, 0.15) is 0 Å². The summed E-state index contributed by atoms with van der Waals surface area (Å²) in [6.45, 7) is 0.807. The molecule has 1 amide bonds. The molecule has 0 heterocycles. The number of alkyl halides is 2. The highest BCUT2D eigenvalue weighted by atomic mass is 35.5. The van der Waals surface area contributed by atoms with Crippen molar-refractivity contribution in [2.24, 2.45) is 0 Å². The minimum atomic E-state index is -2.97.